The highest BCUT2D eigenvalue weighted by atomic mass is 32.2. The summed E-state index contributed by atoms with van der Waals surface area (Å²) in [6, 6.07) is 0. The maximum absolute atomic E-state index is 5.45. The number of ether oxygens (including phenoxy) is 2. The van der Waals surface area contributed by atoms with Crippen molar-refractivity contribution in [3.63, 3.8) is 0 Å². The Labute approximate surface area is 120 Å². The third-order valence-electron chi connectivity index (χ3n) is 3.31. The smallest absolute Gasteiger partial charge is 0.191 e. The zero-order valence-electron chi connectivity index (χ0n) is 12.3. The molecule has 2 N–H and O–H groups in total. The molecule has 1 fully saturated rings. The Hall–Kier alpha value is -0.460. The molecule has 6 heteroatoms. The summed E-state index contributed by atoms with van der Waals surface area (Å²) in [4.78, 5) is 4.71. The van der Waals surface area contributed by atoms with E-state index in [1.807, 2.05) is 11.8 Å². The largest absolute Gasteiger partial charge is 0.383 e. The monoisotopic (exact) mass is 289 g/mol. The van der Waals surface area contributed by atoms with Crippen LogP contribution in [-0.4, -0.2) is 63.5 Å². The van der Waals surface area contributed by atoms with E-state index >= 15 is 0 Å². The molecule has 0 radical (unpaired) electrons. The number of thioether (sulfide) groups is 1. The summed E-state index contributed by atoms with van der Waals surface area (Å²) < 4.78 is 10.7. The van der Waals surface area contributed by atoms with Crippen molar-refractivity contribution in [1.82, 2.24) is 10.6 Å². The molecule has 0 bridgehead atoms. The Kier molecular flexibility index (Phi) is 8.25. The van der Waals surface area contributed by atoms with Crippen LogP contribution < -0.4 is 10.6 Å². The van der Waals surface area contributed by atoms with Crippen molar-refractivity contribution in [2.24, 2.45) is 4.99 Å². The van der Waals surface area contributed by atoms with E-state index in [2.05, 4.69) is 23.8 Å². The summed E-state index contributed by atoms with van der Waals surface area (Å²) in [7, 11) is 1.70. The Morgan fingerprint density at radius 1 is 1.37 bits per heavy atom. The lowest BCUT2D eigenvalue weighted by Crippen LogP contribution is -2.41. The fourth-order valence-corrected chi connectivity index (χ4v) is 2.78. The minimum absolute atomic E-state index is 0.238. The van der Waals surface area contributed by atoms with Crippen LogP contribution in [0.25, 0.3) is 0 Å². The van der Waals surface area contributed by atoms with Gasteiger partial charge in [-0.1, -0.05) is 0 Å². The highest BCUT2D eigenvalue weighted by molar-refractivity contribution is 8.00. The van der Waals surface area contributed by atoms with Crippen LogP contribution in [0.15, 0.2) is 4.99 Å². The van der Waals surface area contributed by atoms with Gasteiger partial charge in [0.25, 0.3) is 0 Å². The maximum atomic E-state index is 5.45. The average molecular weight is 289 g/mol. The number of nitrogens with one attached hydrogen (secondary N) is 2. The lowest BCUT2D eigenvalue weighted by Gasteiger charge is -2.34. The minimum Gasteiger partial charge on any atom is -0.383 e. The lowest BCUT2D eigenvalue weighted by molar-refractivity contribution is 0.0794. The lowest BCUT2D eigenvalue weighted by atomic mass is 9.99. The Morgan fingerprint density at radius 2 is 2.11 bits per heavy atom. The summed E-state index contributed by atoms with van der Waals surface area (Å²) in [5.74, 6) is 0.875. The molecule has 0 aromatic rings. The predicted octanol–water partition coefficient (Wildman–Crippen LogP) is 1.10. The molecule has 0 aromatic heterocycles. The van der Waals surface area contributed by atoms with Crippen molar-refractivity contribution in [2.75, 3.05) is 52.8 Å². The van der Waals surface area contributed by atoms with Crippen molar-refractivity contribution in [1.29, 1.82) is 0 Å². The molecule has 5 nitrogen and oxygen atoms in total. The van der Waals surface area contributed by atoms with E-state index in [1.54, 1.807) is 7.11 Å². The molecule has 0 atom stereocenters. The number of nitrogens with zero attached hydrogens (tertiary/aromatic N) is 1. The topological polar surface area (TPSA) is 54.9 Å². The van der Waals surface area contributed by atoms with Crippen LogP contribution in [0.1, 0.15) is 19.8 Å². The van der Waals surface area contributed by atoms with E-state index in [1.165, 1.54) is 0 Å². The Morgan fingerprint density at radius 3 is 2.68 bits per heavy atom. The summed E-state index contributed by atoms with van der Waals surface area (Å²) in [5.41, 5.74) is 0. The number of methoxy groups -OCH3 is 1. The molecule has 112 valence electrons. The van der Waals surface area contributed by atoms with E-state index in [4.69, 9.17) is 14.5 Å². The zero-order chi connectivity index (χ0) is 14.0. The first-order valence-electron chi connectivity index (χ1n) is 6.90. The average Bonchev–Trinajstić information content (AvgIpc) is 2.46. The van der Waals surface area contributed by atoms with E-state index in [0.717, 1.165) is 51.6 Å². The molecular weight excluding hydrogens is 262 g/mol. The molecule has 0 amide bonds. The van der Waals surface area contributed by atoms with Gasteiger partial charge >= 0.3 is 0 Å². The maximum Gasteiger partial charge on any atom is 0.191 e. The van der Waals surface area contributed by atoms with Crippen molar-refractivity contribution < 1.29 is 9.47 Å². The second-order valence-corrected chi connectivity index (χ2v) is 5.89. The molecular formula is C13H27N3O2S. The van der Waals surface area contributed by atoms with Crippen LogP contribution in [0.2, 0.25) is 0 Å². The molecule has 1 aliphatic rings. The van der Waals surface area contributed by atoms with Crippen molar-refractivity contribution in [3.8, 4) is 0 Å². The van der Waals surface area contributed by atoms with Crippen LogP contribution in [0.5, 0.6) is 0 Å². The van der Waals surface area contributed by atoms with Gasteiger partial charge in [0.15, 0.2) is 5.96 Å². The van der Waals surface area contributed by atoms with Crippen LogP contribution in [0, 0.1) is 0 Å². The Bertz CT molecular complexity index is 269. The van der Waals surface area contributed by atoms with Crippen LogP contribution in [0.3, 0.4) is 0 Å². The predicted molar refractivity (Wildman–Crippen MR) is 82.2 cm³/mol. The molecule has 1 saturated heterocycles. The van der Waals surface area contributed by atoms with Crippen molar-refractivity contribution in [2.45, 2.75) is 24.5 Å². The number of rotatable bonds is 7. The third-order valence-corrected chi connectivity index (χ3v) is 4.71. The molecule has 0 aromatic carbocycles. The first-order valence-corrected chi connectivity index (χ1v) is 8.13. The quantitative estimate of drug-likeness (QED) is 0.418. The second-order valence-electron chi connectivity index (χ2n) is 4.61. The molecule has 19 heavy (non-hydrogen) atoms. The SMILES string of the molecule is CCNC(=NCC1(SC)CCOCC1)NCCOC. The molecule has 1 heterocycles. The van der Waals surface area contributed by atoms with Gasteiger partial charge < -0.3 is 20.1 Å². The van der Waals surface area contributed by atoms with Gasteiger partial charge in [0.1, 0.15) is 0 Å². The third kappa shape index (κ3) is 6.01. The molecule has 1 aliphatic heterocycles. The van der Waals surface area contributed by atoms with Crippen molar-refractivity contribution in [3.05, 3.63) is 0 Å². The van der Waals surface area contributed by atoms with Gasteiger partial charge in [0.2, 0.25) is 0 Å². The summed E-state index contributed by atoms with van der Waals surface area (Å²) in [6.45, 7) is 6.94. The first kappa shape index (κ1) is 16.6. The Balaban J connectivity index is 2.51. The summed E-state index contributed by atoms with van der Waals surface area (Å²) in [6.07, 6.45) is 4.33. The first-order chi connectivity index (χ1) is 9.26. The molecule has 0 unspecified atom stereocenters. The van der Waals surface area contributed by atoms with E-state index < -0.39 is 0 Å². The fraction of sp³-hybridized carbons (Fsp3) is 0.923. The van der Waals surface area contributed by atoms with E-state index in [0.29, 0.717) is 6.61 Å². The molecule has 1 rings (SSSR count). The van der Waals surface area contributed by atoms with Gasteiger partial charge in [-0.3, -0.25) is 4.99 Å². The summed E-state index contributed by atoms with van der Waals surface area (Å²) >= 11 is 1.91. The summed E-state index contributed by atoms with van der Waals surface area (Å²) in [5, 5.41) is 6.54. The van der Waals surface area contributed by atoms with Gasteiger partial charge in [-0.05, 0) is 26.0 Å². The van der Waals surface area contributed by atoms with Crippen LogP contribution in [0.4, 0.5) is 0 Å². The van der Waals surface area contributed by atoms with Crippen LogP contribution in [-0.2, 0) is 9.47 Å². The van der Waals surface area contributed by atoms with Gasteiger partial charge in [-0.2, -0.15) is 11.8 Å². The second kappa shape index (κ2) is 9.44. The molecule has 0 spiro atoms. The highest BCUT2D eigenvalue weighted by Crippen LogP contribution is 2.33. The number of hydrogen-bond acceptors (Lipinski definition) is 4. The van der Waals surface area contributed by atoms with Gasteiger partial charge in [0, 0.05) is 38.2 Å². The standard InChI is InChI=1S/C13H27N3O2S/c1-4-14-12(15-7-10-17-2)16-11-13(19-3)5-8-18-9-6-13/h4-11H2,1-3H3,(H2,14,15,16). The molecule has 0 saturated carbocycles. The zero-order valence-corrected chi connectivity index (χ0v) is 13.1. The van der Waals surface area contributed by atoms with Crippen molar-refractivity contribution >= 4 is 17.7 Å². The van der Waals surface area contributed by atoms with Gasteiger partial charge in [-0.25, -0.2) is 0 Å². The normalized spacial score (nSPS) is 19.2. The fourth-order valence-electron chi connectivity index (χ4n) is 2.01. The number of aliphatic imine (C=N–C) groups is 1. The van der Waals surface area contributed by atoms with E-state index in [-0.39, 0.29) is 4.75 Å². The molecule has 0 aliphatic carbocycles. The minimum atomic E-state index is 0.238. The number of guanidine groups is 1. The van der Waals surface area contributed by atoms with Crippen LogP contribution >= 0.6 is 11.8 Å². The highest BCUT2D eigenvalue weighted by Gasteiger charge is 2.31. The van der Waals surface area contributed by atoms with Gasteiger partial charge in [-0.15, -0.1) is 0 Å². The van der Waals surface area contributed by atoms with Gasteiger partial charge in [0.05, 0.1) is 13.2 Å². The van der Waals surface area contributed by atoms with E-state index in [9.17, 15) is 0 Å². The number of hydrogen-bond donors (Lipinski definition) is 2.